The molecule has 0 bridgehead atoms. The number of nitrogens with zero attached hydrogens (tertiary/aromatic N) is 1. The van der Waals surface area contributed by atoms with Crippen LogP contribution in [0.15, 0.2) is 48.5 Å². The van der Waals surface area contributed by atoms with Crippen LogP contribution >= 0.6 is 11.6 Å². The summed E-state index contributed by atoms with van der Waals surface area (Å²) in [5, 5.41) is 3.21. The van der Waals surface area contributed by atoms with E-state index in [1.807, 2.05) is 30.3 Å². The third-order valence-corrected chi connectivity index (χ3v) is 5.89. The predicted molar refractivity (Wildman–Crippen MR) is 117 cm³/mol. The quantitative estimate of drug-likeness (QED) is 0.574. The first kappa shape index (κ1) is 23.0. The summed E-state index contributed by atoms with van der Waals surface area (Å²) >= 11 is 6.08. The highest BCUT2D eigenvalue weighted by molar-refractivity contribution is 7.92. The maximum absolute atomic E-state index is 12.8. The molecule has 0 aliphatic rings. The number of nitrogens with one attached hydrogen (secondary N) is 1. The minimum absolute atomic E-state index is 0.244. The Balaban J connectivity index is 2.16. The van der Waals surface area contributed by atoms with Crippen molar-refractivity contribution in [3.05, 3.63) is 59.1 Å². The molecule has 0 heterocycles. The molecule has 6 nitrogen and oxygen atoms in total. The average Bonchev–Trinajstić information content (AvgIpc) is 2.69. The third-order valence-electron chi connectivity index (χ3n) is 4.49. The highest BCUT2D eigenvalue weighted by atomic mass is 35.5. The molecule has 0 aromatic heterocycles. The first-order valence-electron chi connectivity index (χ1n) is 9.42. The Morgan fingerprint density at radius 1 is 1.21 bits per heavy atom. The van der Waals surface area contributed by atoms with Crippen LogP contribution in [0.1, 0.15) is 25.3 Å². The Hall–Kier alpha value is -2.25. The van der Waals surface area contributed by atoms with Gasteiger partial charge in [0.1, 0.15) is 11.8 Å². The molecule has 0 aliphatic carbocycles. The molecular weight excluding hydrogens is 412 g/mol. The van der Waals surface area contributed by atoms with Gasteiger partial charge in [0.25, 0.3) is 0 Å². The Bertz CT molecular complexity index is 920. The summed E-state index contributed by atoms with van der Waals surface area (Å²) in [5.74, 6) is -0.0248. The van der Waals surface area contributed by atoms with Gasteiger partial charge in [0.05, 0.1) is 19.1 Å². The molecule has 158 valence electrons. The molecule has 8 heteroatoms. The van der Waals surface area contributed by atoms with Crippen molar-refractivity contribution in [2.75, 3.05) is 24.2 Å². The lowest BCUT2D eigenvalue weighted by atomic mass is 10.1. The zero-order valence-electron chi connectivity index (χ0n) is 16.9. The molecular formula is C21H27ClN2O4S. The van der Waals surface area contributed by atoms with Crippen molar-refractivity contribution in [3.63, 3.8) is 0 Å². The van der Waals surface area contributed by atoms with Crippen LogP contribution in [0.4, 0.5) is 5.69 Å². The molecule has 2 rings (SSSR count). The summed E-state index contributed by atoms with van der Waals surface area (Å²) in [5.41, 5.74) is 1.43. The molecule has 1 N–H and O–H groups in total. The summed E-state index contributed by atoms with van der Waals surface area (Å²) in [6, 6.07) is 13.8. The van der Waals surface area contributed by atoms with Crippen molar-refractivity contribution in [1.82, 2.24) is 5.32 Å². The zero-order chi connectivity index (χ0) is 21.4. The second-order valence-corrected chi connectivity index (χ2v) is 8.98. The van der Waals surface area contributed by atoms with Crippen LogP contribution in [0.5, 0.6) is 5.75 Å². The van der Waals surface area contributed by atoms with Gasteiger partial charge in [0.15, 0.2) is 0 Å². The number of benzene rings is 2. The maximum atomic E-state index is 12.8. The first-order valence-corrected chi connectivity index (χ1v) is 11.6. The summed E-state index contributed by atoms with van der Waals surface area (Å²) in [7, 11) is -2.32. The van der Waals surface area contributed by atoms with Gasteiger partial charge in [-0.1, -0.05) is 48.9 Å². The number of aryl methyl sites for hydroxylation is 1. The standard InChI is InChI=1S/C21H27ClN2O4S/c1-4-18(21(25)23-14-8-11-16-9-6-5-7-10-16)24(29(3,26)27)19-15-17(22)12-13-20(19)28-2/h5-7,9-10,12-13,15,18H,4,8,11,14H2,1-3H3,(H,23,25)/t18-/m1/s1. The summed E-state index contributed by atoms with van der Waals surface area (Å²) in [4.78, 5) is 12.8. The molecule has 2 aromatic rings. The number of sulfonamides is 1. The van der Waals surface area contributed by atoms with Gasteiger partial charge >= 0.3 is 0 Å². The third kappa shape index (κ3) is 6.37. The van der Waals surface area contributed by atoms with Gasteiger partial charge < -0.3 is 10.1 Å². The Morgan fingerprint density at radius 2 is 1.90 bits per heavy atom. The van der Waals surface area contributed by atoms with E-state index in [-0.39, 0.29) is 11.6 Å². The van der Waals surface area contributed by atoms with E-state index in [0.717, 1.165) is 23.4 Å². The normalized spacial score (nSPS) is 12.3. The van der Waals surface area contributed by atoms with Crippen molar-refractivity contribution < 1.29 is 17.9 Å². The summed E-state index contributed by atoms with van der Waals surface area (Å²) in [6.45, 7) is 2.22. The van der Waals surface area contributed by atoms with Crippen molar-refractivity contribution in [2.45, 2.75) is 32.2 Å². The minimum Gasteiger partial charge on any atom is -0.495 e. The van der Waals surface area contributed by atoms with Gasteiger partial charge in [0.2, 0.25) is 15.9 Å². The maximum Gasteiger partial charge on any atom is 0.243 e. The van der Waals surface area contributed by atoms with Crippen molar-refractivity contribution >= 4 is 33.2 Å². The van der Waals surface area contributed by atoms with Gasteiger partial charge in [-0.25, -0.2) is 8.42 Å². The molecule has 0 spiro atoms. The molecule has 0 unspecified atom stereocenters. The van der Waals surface area contributed by atoms with Crippen LogP contribution in [0, 0.1) is 0 Å². The van der Waals surface area contributed by atoms with Gasteiger partial charge in [0, 0.05) is 11.6 Å². The first-order chi connectivity index (χ1) is 13.8. The van der Waals surface area contributed by atoms with E-state index >= 15 is 0 Å². The number of carbonyl (C=O) groups is 1. The van der Waals surface area contributed by atoms with E-state index in [2.05, 4.69) is 5.32 Å². The molecule has 1 amide bonds. The SMILES string of the molecule is CC[C@H](C(=O)NCCCc1ccccc1)N(c1cc(Cl)ccc1OC)S(C)(=O)=O. The number of amides is 1. The molecule has 29 heavy (non-hydrogen) atoms. The van der Waals surface area contributed by atoms with E-state index in [1.54, 1.807) is 19.1 Å². The number of rotatable bonds is 10. The number of ether oxygens (including phenoxy) is 1. The van der Waals surface area contributed by atoms with Gasteiger partial charge in [-0.3, -0.25) is 9.10 Å². The molecule has 0 aliphatic heterocycles. The van der Waals surface area contributed by atoms with E-state index in [9.17, 15) is 13.2 Å². The fourth-order valence-corrected chi connectivity index (χ4v) is 4.51. The van der Waals surface area contributed by atoms with Crippen LogP contribution in [0.3, 0.4) is 0 Å². The molecule has 0 saturated heterocycles. The predicted octanol–water partition coefficient (Wildman–Crippen LogP) is 3.64. The van der Waals surface area contributed by atoms with Crippen molar-refractivity contribution in [2.24, 2.45) is 0 Å². The highest BCUT2D eigenvalue weighted by Crippen LogP contribution is 2.34. The second-order valence-electron chi connectivity index (χ2n) is 6.68. The van der Waals surface area contributed by atoms with E-state index in [0.29, 0.717) is 23.7 Å². The van der Waals surface area contributed by atoms with Crippen molar-refractivity contribution in [3.8, 4) is 5.75 Å². The number of methoxy groups -OCH3 is 1. The molecule has 0 saturated carbocycles. The molecule has 0 fully saturated rings. The van der Waals surface area contributed by atoms with Gasteiger partial charge in [-0.05, 0) is 43.0 Å². The number of halogens is 1. The summed E-state index contributed by atoms with van der Waals surface area (Å²) < 4.78 is 31.5. The van der Waals surface area contributed by atoms with Crippen LogP contribution in [-0.4, -0.2) is 40.3 Å². The van der Waals surface area contributed by atoms with Crippen LogP contribution < -0.4 is 14.4 Å². The number of hydrogen-bond acceptors (Lipinski definition) is 4. The fourth-order valence-electron chi connectivity index (χ4n) is 3.14. The van der Waals surface area contributed by atoms with Gasteiger partial charge in [-0.2, -0.15) is 0 Å². The van der Waals surface area contributed by atoms with E-state index in [4.69, 9.17) is 16.3 Å². The van der Waals surface area contributed by atoms with Crippen molar-refractivity contribution in [1.29, 1.82) is 0 Å². The summed E-state index contributed by atoms with van der Waals surface area (Å²) in [6.07, 6.45) is 2.95. The topological polar surface area (TPSA) is 75.7 Å². The average molecular weight is 439 g/mol. The Kier molecular flexibility index (Phi) is 8.34. The number of hydrogen-bond donors (Lipinski definition) is 1. The fraction of sp³-hybridized carbons (Fsp3) is 0.381. The molecule has 1 atom stereocenters. The smallest absolute Gasteiger partial charge is 0.243 e. The lowest BCUT2D eigenvalue weighted by molar-refractivity contribution is -0.122. The Morgan fingerprint density at radius 3 is 2.48 bits per heavy atom. The molecule has 2 aromatic carbocycles. The van der Waals surface area contributed by atoms with Gasteiger partial charge in [-0.15, -0.1) is 0 Å². The number of carbonyl (C=O) groups excluding carboxylic acids is 1. The second kappa shape index (κ2) is 10.5. The largest absolute Gasteiger partial charge is 0.495 e. The zero-order valence-corrected chi connectivity index (χ0v) is 18.5. The molecule has 0 radical (unpaired) electrons. The highest BCUT2D eigenvalue weighted by Gasteiger charge is 2.33. The lowest BCUT2D eigenvalue weighted by Gasteiger charge is -2.31. The van der Waals surface area contributed by atoms with E-state index in [1.165, 1.54) is 18.7 Å². The minimum atomic E-state index is -3.76. The van der Waals surface area contributed by atoms with Crippen LogP contribution in [0.2, 0.25) is 5.02 Å². The Labute approximate surface area is 177 Å². The monoisotopic (exact) mass is 438 g/mol. The van der Waals surface area contributed by atoms with Crippen LogP contribution in [0.25, 0.3) is 0 Å². The van der Waals surface area contributed by atoms with Crippen LogP contribution in [-0.2, 0) is 21.2 Å². The number of anilines is 1. The van der Waals surface area contributed by atoms with E-state index < -0.39 is 16.1 Å². The lowest BCUT2D eigenvalue weighted by Crippen LogP contribution is -2.49.